The topological polar surface area (TPSA) is 51.0 Å². The monoisotopic (exact) mass is 256 g/mol. The molecule has 0 aromatic carbocycles. The van der Waals surface area contributed by atoms with Gasteiger partial charge in [-0.3, -0.25) is 9.78 Å². The lowest BCUT2D eigenvalue weighted by Crippen LogP contribution is -2.37. The average Bonchev–Trinajstić information content (AvgIpc) is 2.81. The van der Waals surface area contributed by atoms with Crippen molar-refractivity contribution in [2.24, 2.45) is 7.05 Å². The van der Waals surface area contributed by atoms with Crippen molar-refractivity contribution in [2.75, 3.05) is 6.54 Å². The van der Waals surface area contributed by atoms with Crippen molar-refractivity contribution in [3.8, 4) is 0 Å². The summed E-state index contributed by atoms with van der Waals surface area (Å²) in [7, 11) is 1.97. The van der Waals surface area contributed by atoms with Gasteiger partial charge in [0.25, 0.3) is 0 Å². The normalized spacial score (nSPS) is 14.3. The zero-order valence-electron chi connectivity index (χ0n) is 10.9. The molecule has 5 nitrogen and oxygen atoms in total. The molecule has 1 amide bonds. The first-order valence-corrected chi connectivity index (χ1v) is 6.41. The number of fused-ring (bicyclic) bond motifs is 1. The van der Waals surface area contributed by atoms with Crippen molar-refractivity contribution < 1.29 is 4.79 Å². The van der Waals surface area contributed by atoms with Gasteiger partial charge in [0, 0.05) is 31.9 Å². The first-order valence-electron chi connectivity index (χ1n) is 6.41. The van der Waals surface area contributed by atoms with Gasteiger partial charge in [-0.15, -0.1) is 0 Å². The number of pyridine rings is 1. The van der Waals surface area contributed by atoms with Crippen LogP contribution in [-0.2, 0) is 31.2 Å². The zero-order valence-corrected chi connectivity index (χ0v) is 10.9. The Morgan fingerprint density at radius 2 is 2.26 bits per heavy atom. The van der Waals surface area contributed by atoms with E-state index in [0.29, 0.717) is 13.0 Å². The number of amides is 1. The van der Waals surface area contributed by atoms with Gasteiger partial charge < -0.3 is 9.47 Å². The molecule has 1 aliphatic rings. The summed E-state index contributed by atoms with van der Waals surface area (Å²) in [5, 5.41) is 0. The summed E-state index contributed by atoms with van der Waals surface area (Å²) in [6, 6.07) is 5.65. The molecule has 0 spiro atoms. The second-order valence-corrected chi connectivity index (χ2v) is 4.81. The highest BCUT2D eigenvalue weighted by atomic mass is 16.2. The quantitative estimate of drug-likeness (QED) is 0.803. The summed E-state index contributed by atoms with van der Waals surface area (Å²) in [5.74, 6) is 0.130. The van der Waals surface area contributed by atoms with E-state index in [0.717, 1.165) is 30.0 Å². The number of nitrogens with zero attached hydrogens (tertiary/aromatic N) is 4. The molecule has 19 heavy (non-hydrogen) atoms. The third-order valence-corrected chi connectivity index (χ3v) is 3.52. The minimum absolute atomic E-state index is 0.130. The lowest BCUT2D eigenvalue weighted by atomic mass is 10.1. The Bertz CT molecular complexity index is 591. The minimum atomic E-state index is 0.130. The SMILES string of the molecule is Cn1cnc2c1CN(C(=O)Cc1ccccn1)CC2. The predicted octanol–water partition coefficient (Wildman–Crippen LogP) is 0.942. The van der Waals surface area contributed by atoms with Crippen molar-refractivity contribution >= 4 is 5.91 Å². The third-order valence-electron chi connectivity index (χ3n) is 3.52. The number of aryl methyl sites for hydroxylation is 1. The van der Waals surface area contributed by atoms with Crippen LogP contribution in [0.25, 0.3) is 0 Å². The first kappa shape index (κ1) is 11.9. The first-order chi connectivity index (χ1) is 9.24. The Morgan fingerprint density at radius 3 is 3.05 bits per heavy atom. The van der Waals surface area contributed by atoms with Gasteiger partial charge in [-0.2, -0.15) is 0 Å². The molecule has 5 heteroatoms. The number of carbonyl (C=O) groups excluding carboxylic acids is 1. The highest BCUT2D eigenvalue weighted by Crippen LogP contribution is 2.17. The van der Waals surface area contributed by atoms with E-state index in [-0.39, 0.29) is 5.91 Å². The Balaban J connectivity index is 1.71. The molecule has 0 bridgehead atoms. The lowest BCUT2D eigenvalue weighted by Gasteiger charge is -2.27. The second-order valence-electron chi connectivity index (χ2n) is 4.81. The minimum Gasteiger partial charge on any atom is -0.336 e. The summed E-state index contributed by atoms with van der Waals surface area (Å²) in [5.41, 5.74) is 3.08. The van der Waals surface area contributed by atoms with E-state index in [4.69, 9.17) is 0 Å². The van der Waals surface area contributed by atoms with Gasteiger partial charge in [0.05, 0.1) is 30.7 Å². The van der Waals surface area contributed by atoms with Crippen LogP contribution in [0.2, 0.25) is 0 Å². The van der Waals surface area contributed by atoms with E-state index in [2.05, 4.69) is 9.97 Å². The molecule has 0 N–H and O–H groups in total. The Labute approximate surface area is 111 Å². The van der Waals surface area contributed by atoms with Crippen molar-refractivity contribution in [2.45, 2.75) is 19.4 Å². The van der Waals surface area contributed by atoms with E-state index in [1.165, 1.54) is 0 Å². The molecule has 2 aromatic heterocycles. The van der Waals surface area contributed by atoms with Crippen LogP contribution in [0, 0.1) is 0 Å². The maximum Gasteiger partial charge on any atom is 0.228 e. The van der Waals surface area contributed by atoms with Gasteiger partial charge in [-0.1, -0.05) is 6.07 Å². The van der Waals surface area contributed by atoms with Crippen LogP contribution in [0.5, 0.6) is 0 Å². The molecular weight excluding hydrogens is 240 g/mol. The van der Waals surface area contributed by atoms with Gasteiger partial charge in [0.15, 0.2) is 0 Å². The molecular formula is C14H16N4O. The van der Waals surface area contributed by atoms with Gasteiger partial charge >= 0.3 is 0 Å². The van der Waals surface area contributed by atoms with Gasteiger partial charge in [0.2, 0.25) is 5.91 Å². The molecule has 0 fully saturated rings. The van der Waals surface area contributed by atoms with Crippen molar-refractivity contribution in [1.29, 1.82) is 0 Å². The van der Waals surface area contributed by atoms with E-state index in [9.17, 15) is 4.79 Å². The van der Waals surface area contributed by atoms with Crippen LogP contribution in [0.3, 0.4) is 0 Å². The number of hydrogen-bond donors (Lipinski definition) is 0. The molecule has 0 saturated carbocycles. The fourth-order valence-corrected chi connectivity index (χ4v) is 2.40. The number of aromatic nitrogens is 3. The van der Waals surface area contributed by atoms with Crippen molar-refractivity contribution in [3.63, 3.8) is 0 Å². The summed E-state index contributed by atoms with van der Waals surface area (Å²) in [6.45, 7) is 1.40. The van der Waals surface area contributed by atoms with Crippen LogP contribution in [-0.4, -0.2) is 31.9 Å². The van der Waals surface area contributed by atoms with Crippen LogP contribution in [0.4, 0.5) is 0 Å². The van der Waals surface area contributed by atoms with Gasteiger partial charge in [0.1, 0.15) is 0 Å². The van der Waals surface area contributed by atoms with Crippen molar-refractivity contribution in [1.82, 2.24) is 19.4 Å². The second kappa shape index (κ2) is 4.84. The number of imidazole rings is 1. The molecule has 3 heterocycles. The van der Waals surface area contributed by atoms with E-state index in [1.807, 2.05) is 41.0 Å². The number of rotatable bonds is 2. The largest absolute Gasteiger partial charge is 0.336 e. The van der Waals surface area contributed by atoms with Crippen molar-refractivity contribution in [3.05, 3.63) is 47.8 Å². The molecule has 98 valence electrons. The Kier molecular flexibility index (Phi) is 3.03. The molecule has 0 radical (unpaired) electrons. The molecule has 0 atom stereocenters. The Hall–Kier alpha value is -2.17. The maximum absolute atomic E-state index is 12.3. The summed E-state index contributed by atoms with van der Waals surface area (Å²) >= 11 is 0. The standard InChI is InChI=1S/C14H16N4O/c1-17-10-16-12-5-7-18(9-13(12)17)14(19)8-11-4-2-3-6-15-11/h2-4,6,10H,5,7-9H2,1H3. The van der Waals surface area contributed by atoms with E-state index < -0.39 is 0 Å². The van der Waals surface area contributed by atoms with Gasteiger partial charge in [-0.05, 0) is 12.1 Å². The van der Waals surface area contributed by atoms with Crippen LogP contribution in [0.1, 0.15) is 17.1 Å². The van der Waals surface area contributed by atoms with E-state index in [1.54, 1.807) is 6.20 Å². The summed E-state index contributed by atoms with van der Waals surface area (Å²) < 4.78 is 2.00. The van der Waals surface area contributed by atoms with Crippen LogP contribution in [0.15, 0.2) is 30.7 Å². The molecule has 1 aliphatic heterocycles. The fourth-order valence-electron chi connectivity index (χ4n) is 2.40. The highest BCUT2D eigenvalue weighted by Gasteiger charge is 2.23. The smallest absolute Gasteiger partial charge is 0.228 e. The highest BCUT2D eigenvalue weighted by molar-refractivity contribution is 5.78. The van der Waals surface area contributed by atoms with E-state index >= 15 is 0 Å². The number of carbonyl (C=O) groups is 1. The molecule has 0 unspecified atom stereocenters. The Morgan fingerprint density at radius 1 is 1.37 bits per heavy atom. The average molecular weight is 256 g/mol. The summed E-state index contributed by atoms with van der Waals surface area (Å²) in [4.78, 5) is 22.7. The fraction of sp³-hybridized carbons (Fsp3) is 0.357. The molecule has 2 aromatic rings. The molecule has 0 aliphatic carbocycles. The predicted molar refractivity (Wildman–Crippen MR) is 70.3 cm³/mol. The number of hydrogen-bond acceptors (Lipinski definition) is 3. The molecule has 0 saturated heterocycles. The third kappa shape index (κ3) is 2.36. The van der Waals surface area contributed by atoms with Crippen LogP contribution >= 0.6 is 0 Å². The molecule has 3 rings (SSSR count). The summed E-state index contributed by atoms with van der Waals surface area (Å²) in [6.07, 6.45) is 4.74. The lowest BCUT2D eigenvalue weighted by molar-refractivity contribution is -0.131. The zero-order chi connectivity index (χ0) is 13.2. The maximum atomic E-state index is 12.3. The van der Waals surface area contributed by atoms with Gasteiger partial charge in [-0.25, -0.2) is 4.98 Å². The van der Waals surface area contributed by atoms with Crippen LogP contribution < -0.4 is 0 Å².